The van der Waals surface area contributed by atoms with E-state index in [4.69, 9.17) is 47.4 Å². The van der Waals surface area contributed by atoms with Crippen LogP contribution in [0.4, 0.5) is 0 Å². The van der Waals surface area contributed by atoms with Crippen LogP contribution in [0.3, 0.4) is 0 Å². The molecule has 0 bridgehead atoms. The molecule has 0 amide bonds. The maximum Gasteiger partial charge on any atom is 0.104 e. The Balaban J connectivity index is -0.0000000752. The lowest BCUT2D eigenvalue weighted by Crippen LogP contribution is -2.31. The van der Waals surface area contributed by atoms with E-state index in [-0.39, 0.29) is 116 Å². The van der Waals surface area contributed by atoms with E-state index in [0.29, 0.717) is 118 Å². The van der Waals surface area contributed by atoms with Gasteiger partial charge < -0.3 is 47.4 Å². The molecule has 0 N–H and O–H groups in total. The van der Waals surface area contributed by atoms with Crippen LogP contribution in [0.2, 0.25) is 0 Å². The van der Waals surface area contributed by atoms with E-state index < -0.39 is 0 Å². The third-order valence-corrected chi connectivity index (χ3v) is 4.80. The Kier molecular flexibility index (Phi) is 151. The maximum absolute atomic E-state index is 6.02. The first-order chi connectivity index (χ1) is 18.5. The molecule has 0 radical (unpaired) electrons. The minimum atomic E-state index is -0.211. The summed E-state index contributed by atoms with van der Waals surface area (Å²) in [6.07, 6.45) is -0.416. The standard InChI is InChI=1S/C28H58O10.14CH4/c1-7-29-9-11-33-21-27(22-34-12-10-30-8-2)37-17-18-38-28(23-35-15-13-31-19-25(3)4)24-36-16-14-32-20-26(5)6;;;;;;;;;;;;;;/h25-28H,7-24H2,1-6H3;14*1H4. The summed E-state index contributed by atoms with van der Waals surface area (Å²) in [7, 11) is 0. The van der Waals surface area contributed by atoms with Crippen molar-refractivity contribution < 1.29 is 47.4 Å². The van der Waals surface area contributed by atoms with Gasteiger partial charge in [0.1, 0.15) is 12.2 Å². The van der Waals surface area contributed by atoms with Crippen molar-refractivity contribution in [3.8, 4) is 0 Å². The first-order valence-electron chi connectivity index (χ1n) is 14.3. The van der Waals surface area contributed by atoms with Crippen LogP contribution in [-0.2, 0) is 47.4 Å². The average molecular weight is 779 g/mol. The topological polar surface area (TPSA) is 92.3 Å². The van der Waals surface area contributed by atoms with Gasteiger partial charge in [0.15, 0.2) is 0 Å². The van der Waals surface area contributed by atoms with Crippen LogP contribution in [0.25, 0.3) is 0 Å². The van der Waals surface area contributed by atoms with Crippen molar-refractivity contribution in [3.63, 3.8) is 0 Å². The second kappa shape index (κ2) is 79.4. The lowest BCUT2D eigenvalue weighted by atomic mass is 10.2. The molecule has 0 spiro atoms. The van der Waals surface area contributed by atoms with Crippen molar-refractivity contribution in [2.45, 2.75) is 158 Å². The third-order valence-electron chi connectivity index (χ3n) is 4.80. The van der Waals surface area contributed by atoms with Crippen LogP contribution in [0.15, 0.2) is 0 Å². The Bertz CT molecular complexity index is 424. The summed E-state index contributed by atoms with van der Waals surface area (Å²) < 4.78 is 56.7. The molecular weight excluding hydrogens is 664 g/mol. The highest BCUT2D eigenvalue weighted by Crippen LogP contribution is 2.01. The Morgan fingerprint density at radius 3 is 0.654 bits per heavy atom. The van der Waals surface area contributed by atoms with Gasteiger partial charge in [0.05, 0.1) is 92.5 Å². The summed E-state index contributed by atoms with van der Waals surface area (Å²) in [5.74, 6) is 1.01. The van der Waals surface area contributed by atoms with Gasteiger partial charge in [-0.05, 0) is 25.7 Å². The van der Waals surface area contributed by atoms with Gasteiger partial charge in [0.25, 0.3) is 0 Å². The van der Waals surface area contributed by atoms with Gasteiger partial charge in [-0.25, -0.2) is 0 Å². The first-order valence-corrected chi connectivity index (χ1v) is 14.3. The molecule has 10 heteroatoms. The van der Waals surface area contributed by atoms with E-state index in [2.05, 4.69) is 27.7 Å². The Hall–Kier alpha value is -0.400. The number of hydrogen-bond acceptors (Lipinski definition) is 10. The van der Waals surface area contributed by atoms with Gasteiger partial charge in [0.2, 0.25) is 0 Å². The summed E-state index contributed by atoms with van der Waals surface area (Å²) in [5, 5.41) is 0. The Morgan fingerprint density at radius 1 is 0.269 bits per heavy atom. The largest absolute Gasteiger partial charge is 0.379 e. The van der Waals surface area contributed by atoms with E-state index in [1.807, 2.05) is 13.8 Å². The molecule has 0 fully saturated rings. The van der Waals surface area contributed by atoms with Crippen LogP contribution in [0, 0.1) is 11.8 Å². The van der Waals surface area contributed by atoms with Crippen molar-refractivity contribution in [1.82, 2.24) is 0 Å². The SMILES string of the molecule is C.C.C.C.C.C.C.C.C.C.C.C.C.C.CCOCCOCC(COCCOCC)OCCOC(COCCOCC(C)C)COCCOCC(C)C. The van der Waals surface area contributed by atoms with Gasteiger partial charge in [-0.15, -0.1) is 0 Å². The highest BCUT2D eigenvalue weighted by atomic mass is 16.6. The van der Waals surface area contributed by atoms with E-state index in [1.54, 1.807) is 0 Å². The fraction of sp³-hybridized carbons (Fsp3) is 1.00. The number of rotatable bonds is 31. The predicted molar refractivity (Wildman–Crippen MR) is 241 cm³/mol. The number of hydrogen-bond donors (Lipinski definition) is 0. The van der Waals surface area contributed by atoms with E-state index in [9.17, 15) is 0 Å². The van der Waals surface area contributed by atoms with Crippen LogP contribution >= 0.6 is 0 Å². The van der Waals surface area contributed by atoms with Crippen molar-refractivity contribution in [2.24, 2.45) is 11.8 Å². The molecular formula is C42H114O10. The van der Waals surface area contributed by atoms with Gasteiger partial charge in [-0.3, -0.25) is 0 Å². The Labute approximate surface area is 335 Å². The lowest BCUT2D eigenvalue weighted by molar-refractivity contribution is -0.108. The van der Waals surface area contributed by atoms with E-state index >= 15 is 0 Å². The monoisotopic (exact) mass is 779 g/mol. The van der Waals surface area contributed by atoms with Crippen molar-refractivity contribution in [1.29, 1.82) is 0 Å². The molecule has 0 aromatic carbocycles. The molecule has 52 heavy (non-hydrogen) atoms. The normalized spacial score (nSPS) is 8.88. The molecule has 10 nitrogen and oxygen atoms in total. The second-order valence-corrected chi connectivity index (χ2v) is 9.62. The van der Waals surface area contributed by atoms with E-state index in [1.165, 1.54) is 0 Å². The summed E-state index contributed by atoms with van der Waals surface area (Å²) in [5.41, 5.74) is 0. The van der Waals surface area contributed by atoms with Gasteiger partial charge >= 0.3 is 0 Å². The lowest BCUT2D eigenvalue weighted by Gasteiger charge is -2.21. The predicted octanol–water partition coefficient (Wildman–Crippen LogP) is 12.1. The molecule has 0 saturated heterocycles. The van der Waals surface area contributed by atoms with Crippen LogP contribution in [0.1, 0.15) is 146 Å². The summed E-state index contributed by atoms with van der Waals surface area (Å²) >= 11 is 0. The summed E-state index contributed by atoms with van der Waals surface area (Å²) in [6, 6.07) is 0. The molecule has 0 aliphatic rings. The molecule has 0 atom stereocenters. The van der Waals surface area contributed by atoms with Crippen molar-refractivity contribution in [2.75, 3.05) is 119 Å². The molecule has 0 aromatic heterocycles. The Morgan fingerprint density at radius 2 is 0.462 bits per heavy atom. The molecule has 342 valence electrons. The highest BCUT2D eigenvalue weighted by molar-refractivity contribution is 4.59. The van der Waals surface area contributed by atoms with Gasteiger partial charge in [-0.1, -0.05) is 132 Å². The highest BCUT2D eigenvalue weighted by Gasteiger charge is 2.13. The van der Waals surface area contributed by atoms with Crippen molar-refractivity contribution >= 4 is 0 Å². The molecule has 0 aromatic rings. The molecule has 0 heterocycles. The zero-order valence-corrected chi connectivity index (χ0v) is 25.1. The number of ether oxygens (including phenoxy) is 10. The van der Waals surface area contributed by atoms with Gasteiger partial charge in [-0.2, -0.15) is 0 Å². The first kappa shape index (κ1) is 98.6. The molecule has 0 aliphatic carbocycles. The van der Waals surface area contributed by atoms with Crippen LogP contribution in [0.5, 0.6) is 0 Å². The van der Waals surface area contributed by atoms with E-state index in [0.717, 1.165) is 13.2 Å². The molecule has 0 aliphatic heterocycles. The fourth-order valence-corrected chi connectivity index (χ4v) is 2.98. The van der Waals surface area contributed by atoms with Crippen LogP contribution < -0.4 is 0 Å². The zero-order chi connectivity index (χ0) is 28.1. The maximum atomic E-state index is 6.02. The molecule has 0 saturated carbocycles. The minimum absolute atomic E-state index is 0. The smallest absolute Gasteiger partial charge is 0.104 e. The zero-order valence-electron chi connectivity index (χ0n) is 25.1. The average Bonchev–Trinajstić information content (AvgIpc) is 2.88. The second-order valence-electron chi connectivity index (χ2n) is 9.62. The fourth-order valence-electron chi connectivity index (χ4n) is 2.98. The van der Waals surface area contributed by atoms with Crippen LogP contribution in [-0.4, -0.2) is 131 Å². The van der Waals surface area contributed by atoms with Gasteiger partial charge in [0, 0.05) is 26.4 Å². The third kappa shape index (κ3) is 78.6. The minimum Gasteiger partial charge on any atom is -0.379 e. The molecule has 0 unspecified atom stereocenters. The molecule has 0 rings (SSSR count). The van der Waals surface area contributed by atoms with Crippen molar-refractivity contribution in [3.05, 3.63) is 0 Å². The summed E-state index contributed by atoms with van der Waals surface area (Å²) in [6.45, 7) is 22.0. The quantitative estimate of drug-likeness (QED) is 0.0633. The summed E-state index contributed by atoms with van der Waals surface area (Å²) in [4.78, 5) is 0.